The SMILES string of the molecule is Cc1n[nH]c(=O)c(C(=O)N2CCC(C)(O)CC2)c1C. The quantitative estimate of drug-likeness (QED) is 0.768. The van der Waals surface area contributed by atoms with Crippen molar-refractivity contribution in [3.8, 4) is 0 Å². The molecule has 0 radical (unpaired) electrons. The maximum atomic E-state index is 12.4. The van der Waals surface area contributed by atoms with Crippen molar-refractivity contribution in [2.45, 2.75) is 39.2 Å². The second-order valence-corrected chi connectivity index (χ2v) is 5.43. The number of aromatic amines is 1. The lowest BCUT2D eigenvalue weighted by Crippen LogP contribution is -2.46. The summed E-state index contributed by atoms with van der Waals surface area (Å²) in [7, 11) is 0. The van der Waals surface area contributed by atoms with Crippen LogP contribution in [0.25, 0.3) is 0 Å². The fourth-order valence-electron chi connectivity index (χ4n) is 2.23. The number of H-pyrrole nitrogens is 1. The van der Waals surface area contributed by atoms with E-state index in [9.17, 15) is 14.7 Å². The topological polar surface area (TPSA) is 86.3 Å². The molecule has 2 heterocycles. The van der Waals surface area contributed by atoms with Crippen LogP contribution >= 0.6 is 0 Å². The number of amides is 1. The van der Waals surface area contributed by atoms with Gasteiger partial charge >= 0.3 is 0 Å². The molecule has 0 atom stereocenters. The van der Waals surface area contributed by atoms with Gasteiger partial charge in [0.2, 0.25) is 0 Å². The fourth-order valence-corrected chi connectivity index (χ4v) is 2.23. The molecule has 1 saturated heterocycles. The summed E-state index contributed by atoms with van der Waals surface area (Å²) >= 11 is 0. The lowest BCUT2D eigenvalue weighted by atomic mass is 9.93. The molecule has 1 fully saturated rings. The van der Waals surface area contributed by atoms with Gasteiger partial charge in [-0.15, -0.1) is 0 Å². The molecule has 0 aliphatic carbocycles. The Morgan fingerprint density at radius 2 is 1.95 bits per heavy atom. The van der Waals surface area contributed by atoms with Crippen LogP contribution in [-0.2, 0) is 0 Å². The van der Waals surface area contributed by atoms with E-state index in [1.54, 1.807) is 25.7 Å². The second-order valence-electron chi connectivity index (χ2n) is 5.43. The van der Waals surface area contributed by atoms with Crippen molar-refractivity contribution >= 4 is 5.91 Å². The molecule has 1 amide bonds. The number of aryl methyl sites for hydroxylation is 1. The molecule has 0 unspecified atom stereocenters. The molecule has 0 bridgehead atoms. The molecule has 0 saturated carbocycles. The Morgan fingerprint density at radius 1 is 1.37 bits per heavy atom. The average molecular weight is 265 g/mol. The number of aromatic nitrogens is 2. The van der Waals surface area contributed by atoms with E-state index in [0.717, 1.165) is 0 Å². The second kappa shape index (κ2) is 4.77. The largest absolute Gasteiger partial charge is 0.390 e. The van der Waals surface area contributed by atoms with Gasteiger partial charge < -0.3 is 10.0 Å². The van der Waals surface area contributed by atoms with Gasteiger partial charge in [0.1, 0.15) is 5.56 Å². The summed E-state index contributed by atoms with van der Waals surface area (Å²) in [6.07, 6.45) is 1.06. The molecule has 19 heavy (non-hydrogen) atoms. The Hall–Kier alpha value is -1.69. The van der Waals surface area contributed by atoms with Crippen molar-refractivity contribution in [2.75, 3.05) is 13.1 Å². The van der Waals surface area contributed by atoms with E-state index >= 15 is 0 Å². The van der Waals surface area contributed by atoms with Crippen molar-refractivity contribution in [1.82, 2.24) is 15.1 Å². The van der Waals surface area contributed by atoms with E-state index in [-0.39, 0.29) is 11.5 Å². The summed E-state index contributed by atoms with van der Waals surface area (Å²) in [5.74, 6) is -0.278. The van der Waals surface area contributed by atoms with E-state index < -0.39 is 11.2 Å². The molecule has 1 aromatic heterocycles. The number of aliphatic hydroxyl groups is 1. The van der Waals surface area contributed by atoms with Gasteiger partial charge in [0.05, 0.1) is 11.3 Å². The molecule has 1 aromatic rings. The Morgan fingerprint density at radius 3 is 2.53 bits per heavy atom. The van der Waals surface area contributed by atoms with E-state index in [1.807, 2.05) is 0 Å². The van der Waals surface area contributed by atoms with Gasteiger partial charge in [-0.2, -0.15) is 5.10 Å². The summed E-state index contributed by atoms with van der Waals surface area (Å²) in [6, 6.07) is 0. The van der Waals surface area contributed by atoms with Gasteiger partial charge in [-0.05, 0) is 39.2 Å². The van der Waals surface area contributed by atoms with Crippen LogP contribution in [0.4, 0.5) is 0 Å². The third-order valence-electron chi connectivity index (χ3n) is 3.81. The van der Waals surface area contributed by atoms with Crippen molar-refractivity contribution < 1.29 is 9.90 Å². The zero-order chi connectivity index (χ0) is 14.2. The van der Waals surface area contributed by atoms with Crippen LogP contribution in [0.1, 0.15) is 41.4 Å². The average Bonchev–Trinajstić information content (AvgIpc) is 2.34. The summed E-state index contributed by atoms with van der Waals surface area (Å²) in [6.45, 7) is 6.18. The van der Waals surface area contributed by atoms with Crippen LogP contribution in [0.3, 0.4) is 0 Å². The summed E-state index contributed by atoms with van der Waals surface area (Å²) in [4.78, 5) is 25.8. The number of carbonyl (C=O) groups is 1. The molecule has 2 rings (SSSR count). The molecule has 0 aromatic carbocycles. The van der Waals surface area contributed by atoms with Crippen LogP contribution < -0.4 is 5.56 Å². The zero-order valence-electron chi connectivity index (χ0n) is 11.5. The first-order chi connectivity index (χ1) is 8.82. The number of carbonyl (C=O) groups excluding carboxylic acids is 1. The lowest BCUT2D eigenvalue weighted by Gasteiger charge is -2.35. The highest BCUT2D eigenvalue weighted by molar-refractivity contribution is 5.95. The van der Waals surface area contributed by atoms with Gasteiger partial charge in [0.25, 0.3) is 11.5 Å². The molecule has 0 spiro atoms. The Bertz CT molecular complexity index is 553. The normalized spacial score (nSPS) is 18.4. The number of piperidine rings is 1. The van der Waals surface area contributed by atoms with Crippen molar-refractivity contribution in [2.24, 2.45) is 0 Å². The fraction of sp³-hybridized carbons (Fsp3) is 0.615. The summed E-state index contributed by atoms with van der Waals surface area (Å²) < 4.78 is 0. The summed E-state index contributed by atoms with van der Waals surface area (Å²) in [5, 5.41) is 16.1. The van der Waals surface area contributed by atoms with Gasteiger partial charge in [-0.25, -0.2) is 5.10 Å². The Kier molecular flexibility index (Phi) is 3.45. The minimum Gasteiger partial charge on any atom is -0.390 e. The lowest BCUT2D eigenvalue weighted by molar-refractivity contribution is -0.00210. The highest BCUT2D eigenvalue weighted by Crippen LogP contribution is 2.22. The van der Waals surface area contributed by atoms with Gasteiger partial charge in [-0.3, -0.25) is 9.59 Å². The van der Waals surface area contributed by atoms with Gasteiger partial charge in [0, 0.05) is 13.1 Å². The van der Waals surface area contributed by atoms with Crippen LogP contribution in [0.5, 0.6) is 0 Å². The van der Waals surface area contributed by atoms with E-state index in [4.69, 9.17) is 0 Å². The van der Waals surface area contributed by atoms with Gasteiger partial charge in [-0.1, -0.05) is 0 Å². The number of nitrogens with one attached hydrogen (secondary N) is 1. The molecule has 6 heteroatoms. The number of nitrogens with zero attached hydrogens (tertiary/aromatic N) is 2. The Balaban J connectivity index is 2.27. The molecule has 6 nitrogen and oxygen atoms in total. The van der Waals surface area contributed by atoms with Crippen molar-refractivity contribution in [3.63, 3.8) is 0 Å². The van der Waals surface area contributed by atoms with E-state index in [2.05, 4.69) is 10.2 Å². The predicted molar refractivity (Wildman–Crippen MR) is 70.1 cm³/mol. The van der Waals surface area contributed by atoms with Crippen molar-refractivity contribution in [1.29, 1.82) is 0 Å². The van der Waals surface area contributed by atoms with E-state index in [0.29, 0.717) is 37.2 Å². The molecule has 1 aliphatic heterocycles. The number of hydrogen-bond donors (Lipinski definition) is 2. The molecular formula is C13H19N3O3. The Labute approximate surface area is 111 Å². The monoisotopic (exact) mass is 265 g/mol. The maximum Gasteiger partial charge on any atom is 0.277 e. The zero-order valence-corrected chi connectivity index (χ0v) is 11.5. The number of rotatable bonds is 1. The highest BCUT2D eigenvalue weighted by atomic mass is 16.3. The van der Waals surface area contributed by atoms with Crippen LogP contribution in [0.2, 0.25) is 0 Å². The van der Waals surface area contributed by atoms with Gasteiger partial charge in [0.15, 0.2) is 0 Å². The first-order valence-electron chi connectivity index (χ1n) is 6.39. The first-order valence-corrected chi connectivity index (χ1v) is 6.39. The summed E-state index contributed by atoms with van der Waals surface area (Å²) in [5.41, 5.74) is 0.254. The van der Waals surface area contributed by atoms with Crippen LogP contribution in [0.15, 0.2) is 4.79 Å². The van der Waals surface area contributed by atoms with Crippen LogP contribution in [0, 0.1) is 13.8 Å². The molecule has 104 valence electrons. The molecule has 2 N–H and O–H groups in total. The predicted octanol–water partition coefficient (Wildman–Crippen LogP) is 0.374. The van der Waals surface area contributed by atoms with Crippen molar-refractivity contribution in [3.05, 3.63) is 27.2 Å². The van der Waals surface area contributed by atoms with E-state index in [1.165, 1.54) is 0 Å². The number of likely N-dealkylation sites (tertiary alicyclic amines) is 1. The first kappa shape index (κ1) is 13.7. The smallest absolute Gasteiger partial charge is 0.277 e. The number of hydrogen-bond acceptors (Lipinski definition) is 4. The highest BCUT2D eigenvalue weighted by Gasteiger charge is 2.31. The third kappa shape index (κ3) is 2.68. The minimum atomic E-state index is -0.716. The third-order valence-corrected chi connectivity index (χ3v) is 3.81. The standard InChI is InChI=1S/C13H19N3O3/c1-8-9(2)14-15-11(17)10(8)12(18)16-6-4-13(3,19)5-7-16/h19H,4-7H2,1-3H3,(H,15,17). The molecular weight excluding hydrogens is 246 g/mol. The molecule has 1 aliphatic rings. The maximum absolute atomic E-state index is 12.4. The van der Waals surface area contributed by atoms with Crippen LogP contribution in [-0.4, -0.2) is 44.8 Å². The minimum absolute atomic E-state index is 0.161.